The summed E-state index contributed by atoms with van der Waals surface area (Å²) in [4.78, 5) is 70.1. The van der Waals surface area contributed by atoms with Crippen LogP contribution in [-0.2, 0) is 25.6 Å². The Hall–Kier alpha value is -3.24. The highest BCUT2D eigenvalue weighted by Crippen LogP contribution is 2.24. The van der Waals surface area contributed by atoms with Crippen LogP contribution in [-0.4, -0.2) is 67.6 Å². The first-order chi connectivity index (χ1) is 13.1. The zero-order valence-electron chi connectivity index (χ0n) is 16.1. The molecule has 1 aliphatic rings. The van der Waals surface area contributed by atoms with Crippen molar-refractivity contribution in [3.05, 3.63) is 18.2 Å². The van der Waals surface area contributed by atoms with Gasteiger partial charge in [-0.25, -0.2) is 19.6 Å². The molecule has 1 fully saturated rings. The molecule has 1 aromatic rings. The first kappa shape index (κ1) is 21.1. The number of carbonyl (C=O) groups is 5. The molecule has 11 heteroatoms. The Bertz CT molecular complexity index is 790. The summed E-state index contributed by atoms with van der Waals surface area (Å²) in [5.41, 5.74) is 5.93. The average Bonchev–Trinajstić information content (AvgIpc) is 3.16. The van der Waals surface area contributed by atoms with Crippen molar-refractivity contribution in [2.45, 2.75) is 52.2 Å². The van der Waals surface area contributed by atoms with Gasteiger partial charge in [0.1, 0.15) is 18.1 Å². The number of aromatic nitrogens is 2. The highest BCUT2D eigenvalue weighted by atomic mass is 16.2. The molecule has 11 nitrogen and oxygen atoms in total. The Balaban J connectivity index is 2.34. The molecule has 1 saturated heterocycles. The fourth-order valence-corrected chi connectivity index (χ4v) is 3.21. The van der Waals surface area contributed by atoms with E-state index in [2.05, 4.69) is 15.3 Å². The van der Waals surface area contributed by atoms with Gasteiger partial charge in [-0.05, 0) is 12.8 Å². The smallest absolute Gasteiger partial charge is 0.335 e. The summed E-state index contributed by atoms with van der Waals surface area (Å²) in [7, 11) is 0. The molecule has 1 aliphatic heterocycles. The van der Waals surface area contributed by atoms with E-state index in [0.29, 0.717) is 5.69 Å². The summed E-state index contributed by atoms with van der Waals surface area (Å²) < 4.78 is 0. The molecule has 2 unspecified atom stereocenters. The second-order valence-electron chi connectivity index (χ2n) is 7.00. The normalized spacial score (nSPS) is 19.1. The number of nitrogens with zero attached hydrogens (tertiary/aromatic N) is 3. The molecule has 6 amide bonds. The van der Waals surface area contributed by atoms with Crippen LogP contribution in [0.4, 0.5) is 4.79 Å². The highest BCUT2D eigenvalue weighted by molar-refractivity contribution is 6.14. The van der Waals surface area contributed by atoms with Crippen LogP contribution in [0.2, 0.25) is 0 Å². The summed E-state index contributed by atoms with van der Waals surface area (Å²) in [6, 6.07) is -4.33. The van der Waals surface area contributed by atoms with E-state index >= 15 is 0 Å². The van der Waals surface area contributed by atoms with Crippen molar-refractivity contribution in [2.24, 2.45) is 11.7 Å². The second kappa shape index (κ2) is 8.19. The molecule has 2 heterocycles. The van der Waals surface area contributed by atoms with Gasteiger partial charge >= 0.3 is 6.03 Å². The molecule has 0 bridgehead atoms. The van der Waals surface area contributed by atoms with Crippen molar-refractivity contribution in [3.63, 3.8) is 0 Å². The van der Waals surface area contributed by atoms with Gasteiger partial charge in [0.2, 0.25) is 11.8 Å². The van der Waals surface area contributed by atoms with Crippen LogP contribution in [0.15, 0.2) is 12.5 Å². The average molecular weight is 392 g/mol. The SMILES string of the molecule is CC(=O)NC(Cc1cnc[nH]1)C(=O)N1C(=O)N(C(C(N)=O)C(C)C)C(=O)[C@@H]1C. The van der Waals surface area contributed by atoms with Crippen molar-refractivity contribution < 1.29 is 24.0 Å². The van der Waals surface area contributed by atoms with Gasteiger partial charge < -0.3 is 16.0 Å². The van der Waals surface area contributed by atoms with Gasteiger partial charge in [0.25, 0.3) is 11.8 Å². The van der Waals surface area contributed by atoms with Gasteiger partial charge in [-0.2, -0.15) is 0 Å². The van der Waals surface area contributed by atoms with Gasteiger partial charge in [-0.1, -0.05) is 13.8 Å². The molecule has 28 heavy (non-hydrogen) atoms. The topological polar surface area (TPSA) is 159 Å². The molecule has 0 radical (unpaired) electrons. The largest absolute Gasteiger partial charge is 0.368 e. The Morgan fingerprint density at radius 3 is 2.43 bits per heavy atom. The number of urea groups is 1. The van der Waals surface area contributed by atoms with E-state index in [-0.39, 0.29) is 6.42 Å². The standard InChI is InChI=1S/C17H24N6O5/c1-8(2)13(14(18)25)23-15(26)9(3)22(17(23)28)16(27)12(21-10(4)24)5-11-6-19-7-20-11/h6-9,12-13H,5H2,1-4H3,(H2,18,25)(H,19,20)(H,21,24)/t9-,12?,13?/m0/s1. The van der Waals surface area contributed by atoms with Gasteiger partial charge in [-0.15, -0.1) is 0 Å². The van der Waals surface area contributed by atoms with Gasteiger partial charge in [0, 0.05) is 25.2 Å². The Labute approximate surface area is 161 Å². The third-order valence-corrected chi connectivity index (χ3v) is 4.49. The first-order valence-electron chi connectivity index (χ1n) is 8.80. The van der Waals surface area contributed by atoms with E-state index in [4.69, 9.17) is 5.73 Å². The van der Waals surface area contributed by atoms with Crippen molar-refractivity contribution >= 4 is 29.7 Å². The number of rotatable bonds is 7. The lowest BCUT2D eigenvalue weighted by molar-refractivity contribution is -0.138. The van der Waals surface area contributed by atoms with Crippen LogP contribution < -0.4 is 11.1 Å². The van der Waals surface area contributed by atoms with E-state index in [1.807, 2.05) is 0 Å². The van der Waals surface area contributed by atoms with Crippen LogP contribution in [0.3, 0.4) is 0 Å². The van der Waals surface area contributed by atoms with Crippen LogP contribution in [0.25, 0.3) is 0 Å². The zero-order valence-corrected chi connectivity index (χ0v) is 16.1. The van der Waals surface area contributed by atoms with E-state index in [9.17, 15) is 24.0 Å². The minimum absolute atomic E-state index is 0.0481. The maximum absolute atomic E-state index is 13.0. The number of imide groups is 2. The van der Waals surface area contributed by atoms with E-state index < -0.39 is 53.7 Å². The molecular weight excluding hydrogens is 368 g/mol. The molecule has 152 valence electrons. The fourth-order valence-electron chi connectivity index (χ4n) is 3.21. The Morgan fingerprint density at radius 1 is 1.32 bits per heavy atom. The predicted molar refractivity (Wildman–Crippen MR) is 96.3 cm³/mol. The first-order valence-corrected chi connectivity index (χ1v) is 8.80. The number of hydrogen-bond acceptors (Lipinski definition) is 6. The van der Waals surface area contributed by atoms with Crippen molar-refractivity contribution in [2.75, 3.05) is 0 Å². The van der Waals surface area contributed by atoms with E-state index in [1.54, 1.807) is 13.8 Å². The number of nitrogens with two attached hydrogens (primary N) is 1. The maximum Gasteiger partial charge on any atom is 0.335 e. The number of amides is 6. The maximum atomic E-state index is 13.0. The third kappa shape index (κ3) is 4.02. The monoisotopic (exact) mass is 392 g/mol. The van der Waals surface area contributed by atoms with Crippen LogP contribution in [0, 0.1) is 5.92 Å². The summed E-state index contributed by atoms with van der Waals surface area (Å²) in [6.45, 7) is 5.91. The van der Waals surface area contributed by atoms with E-state index in [0.717, 1.165) is 9.80 Å². The van der Waals surface area contributed by atoms with Gasteiger partial charge in [0.05, 0.1) is 6.33 Å². The molecule has 0 aliphatic carbocycles. The van der Waals surface area contributed by atoms with E-state index in [1.165, 1.54) is 26.4 Å². The number of hydrogen-bond donors (Lipinski definition) is 3. The number of nitrogens with one attached hydrogen (secondary N) is 2. The summed E-state index contributed by atoms with van der Waals surface area (Å²) in [5, 5.41) is 2.49. The number of H-pyrrole nitrogens is 1. The lowest BCUT2D eigenvalue weighted by atomic mass is 10.0. The summed E-state index contributed by atoms with van der Waals surface area (Å²) in [5.74, 6) is -3.19. The number of imidazole rings is 1. The van der Waals surface area contributed by atoms with Crippen molar-refractivity contribution in [1.29, 1.82) is 0 Å². The molecule has 1 aromatic heterocycles. The molecule has 3 atom stereocenters. The number of aromatic amines is 1. The quantitative estimate of drug-likeness (QED) is 0.512. The van der Waals surface area contributed by atoms with Gasteiger partial charge in [0.15, 0.2) is 0 Å². The number of primary amides is 1. The lowest BCUT2D eigenvalue weighted by Crippen LogP contribution is -2.54. The Kier molecular flexibility index (Phi) is 6.16. The molecule has 4 N–H and O–H groups in total. The summed E-state index contributed by atoms with van der Waals surface area (Å²) >= 11 is 0. The minimum atomic E-state index is -1.17. The molecule has 0 aromatic carbocycles. The molecular formula is C17H24N6O5. The number of carbonyl (C=O) groups excluding carboxylic acids is 5. The lowest BCUT2D eigenvalue weighted by Gasteiger charge is -2.27. The van der Waals surface area contributed by atoms with Crippen LogP contribution >= 0.6 is 0 Å². The van der Waals surface area contributed by atoms with Crippen LogP contribution in [0.1, 0.15) is 33.4 Å². The van der Waals surface area contributed by atoms with Crippen LogP contribution in [0.5, 0.6) is 0 Å². The highest BCUT2D eigenvalue weighted by Gasteiger charge is 2.51. The van der Waals surface area contributed by atoms with Crippen molar-refractivity contribution in [1.82, 2.24) is 25.1 Å². The predicted octanol–water partition coefficient (Wildman–Crippen LogP) is -0.854. The molecule has 0 saturated carbocycles. The van der Waals surface area contributed by atoms with Gasteiger partial charge in [-0.3, -0.25) is 19.2 Å². The third-order valence-electron chi connectivity index (χ3n) is 4.49. The second-order valence-corrected chi connectivity index (χ2v) is 7.00. The Morgan fingerprint density at radius 2 is 1.96 bits per heavy atom. The fraction of sp³-hybridized carbons (Fsp3) is 0.529. The molecule has 0 spiro atoms. The summed E-state index contributed by atoms with van der Waals surface area (Å²) in [6.07, 6.45) is 2.95. The van der Waals surface area contributed by atoms with Crippen molar-refractivity contribution in [3.8, 4) is 0 Å². The molecule has 2 rings (SSSR count). The minimum Gasteiger partial charge on any atom is -0.368 e. The zero-order chi connectivity index (χ0) is 21.2.